The molecule has 158 valence electrons. The molecular weight excluding hydrogens is 451 g/mol. The number of thioether (sulfide) groups is 1. The Labute approximate surface area is 186 Å². The summed E-state index contributed by atoms with van der Waals surface area (Å²) in [4.78, 5) is 12.3. The van der Waals surface area contributed by atoms with Crippen molar-refractivity contribution in [3.8, 4) is 0 Å². The van der Waals surface area contributed by atoms with Crippen LogP contribution in [0.1, 0.15) is 16.7 Å². The molecule has 9 heteroatoms. The lowest BCUT2D eigenvalue weighted by atomic mass is 10.1. The van der Waals surface area contributed by atoms with Gasteiger partial charge in [0, 0.05) is 28.1 Å². The highest BCUT2D eigenvalue weighted by molar-refractivity contribution is 7.98. The van der Waals surface area contributed by atoms with Crippen LogP contribution in [0.4, 0.5) is 5.69 Å². The molecule has 0 bridgehead atoms. The molecule has 0 aliphatic heterocycles. The predicted octanol–water partition coefficient (Wildman–Crippen LogP) is 4.43. The Morgan fingerprint density at radius 3 is 2.34 bits per heavy atom. The Kier molecular flexibility index (Phi) is 8.70. The second kappa shape index (κ2) is 10.6. The number of nitrogens with zero attached hydrogens (tertiary/aromatic N) is 1. The Morgan fingerprint density at radius 2 is 1.76 bits per heavy atom. The summed E-state index contributed by atoms with van der Waals surface area (Å²) >= 11 is 13.9. The maximum absolute atomic E-state index is 12.3. The first-order chi connectivity index (χ1) is 13.6. The number of carbonyl (C=O) groups excluding carboxylic acids is 1. The lowest BCUT2D eigenvalue weighted by Gasteiger charge is -2.22. The summed E-state index contributed by atoms with van der Waals surface area (Å²) in [5.41, 5.74) is 3.37. The number of rotatable bonds is 9. The van der Waals surface area contributed by atoms with Gasteiger partial charge in [0.1, 0.15) is 6.54 Å². The van der Waals surface area contributed by atoms with Crippen molar-refractivity contribution in [1.82, 2.24) is 5.32 Å². The number of sulfonamides is 1. The lowest BCUT2D eigenvalue weighted by Crippen LogP contribution is -2.41. The van der Waals surface area contributed by atoms with E-state index in [1.807, 2.05) is 19.9 Å². The molecule has 0 atom stereocenters. The van der Waals surface area contributed by atoms with E-state index in [1.165, 1.54) is 0 Å². The third-order valence-corrected chi connectivity index (χ3v) is 7.18. The highest BCUT2D eigenvalue weighted by atomic mass is 35.5. The Bertz CT molecular complexity index is 961. The highest BCUT2D eigenvalue weighted by Crippen LogP contribution is 2.28. The van der Waals surface area contributed by atoms with Gasteiger partial charge in [-0.15, -0.1) is 0 Å². The number of anilines is 1. The molecule has 0 saturated carbocycles. The molecule has 0 saturated heterocycles. The number of amides is 1. The third kappa shape index (κ3) is 7.10. The Balaban J connectivity index is 1.88. The van der Waals surface area contributed by atoms with Crippen molar-refractivity contribution in [2.24, 2.45) is 0 Å². The van der Waals surface area contributed by atoms with E-state index >= 15 is 0 Å². The van der Waals surface area contributed by atoms with Gasteiger partial charge in [-0.2, -0.15) is 11.8 Å². The van der Waals surface area contributed by atoms with Crippen LogP contribution in [-0.4, -0.2) is 39.4 Å². The molecule has 2 aromatic rings. The van der Waals surface area contributed by atoms with Gasteiger partial charge < -0.3 is 5.32 Å². The van der Waals surface area contributed by atoms with Crippen LogP contribution < -0.4 is 9.62 Å². The fourth-order valence-electron chi connectivity index (χ4n) is 2.57. The number of carbonyl (C=O) groups is 1. The molecule has 0 aromatic heterocycles. The zero-order valence-electron chi connectivity index (χ0n) is 16.5. The summed E-state index contributed by atoms with van der Waals surface area (Å²) in [5, 5.41) is 4.00. The first-order valence-electron chi connectivity index (χ1n) is 8.92. The quantitative estimate of drug-likeness (QED) is 0.545. The Morgan fingerprint density at radius 1 is 1.10 bits per heavy atom. The lowest BCUT2D eigenvalue weighted by molar-refractivity contribution is -0.119. The molecule has 1 amide bonds. The molecule has 0 aliphatic carbocycles. The minimum Gasteiger partial charge on any atom is -0.354 e. The van der Waals surface area contributed by atoms with Crippen LogP contribution >= 0.6 is 35.0 Å². The van der Waals surface area contributed by atoms with E-state index < -0.39 is 10.0 Å². The monoisotopic (exact) mass is 474 g/mol. The average Bonchev–Trinajstić information content (AvgIpc) is 2.63. The van der Waals surface area contributed by atoms with Gasteiger partial charge >= 0.3 is 0 Å². The first-order valence-corrected chi connectivity index (χ1v) is 12.7. The van der Waals surface area contributed by atoms with Crippen LogP contribution in [0.25, 0.3) is 0 Å². The number of benzene rings is 2. The number of aryl methyl sites for hydroxylation is 2. The second-order valence-corrected chi connectivity index (χ2v) is 10.5. The van der Waals surface area contributed by atoms with E-state index in [0.717, 1.165) is 27.3 Å². The Hall–Kier alpha value is -1.41. The normalized spacial score (nSPS) is 11.3. The molecule has 0 heterocycles. The summed E-state index contributed by atoms with van der Waals surface area (Å²) in [7, 11) is -3.59. The molecule has 2 aromatic carbocycles. The third-order valence-electron chi connectivity index (χ3n) is 4.34. The van der Waals surface area contributed by atoms with Gasteiger partial charge in [-0.25, -0.2) is 8.42 Å². The minimum absolute atomic E-state index is 0.262. The van der Waals surface area contributed by atoms with E-state index in [4.69, 9.17) is 23.2 Å². The molecular formula is C20H24Cl2N2O3S2. The van der Waals surface area contributed by atoms with Crippen molar-refractivity contribution in [2.75, 3.05) is 29.4 Å². The van der Waals surface area contributed by atoms with E-state index in [-0.39, 0.29) is 12.5 Å². The zero-order valence-corrected chi connectivity index (χ0v) is 19.7. The number of hydrogen-bond donors (Lipinski definition) is 1. The second-order valence-electron chi connectivity index (χ2n) is 6.64. The van der Waals surface area contributed by atoms with Gasteiger partial charge in [-0.1, -0.05) is 35.3 Å². The van der Waals surface area contributed by atoms with Crippen LogP contribution in [0.5, 0.6) is 0 Å². The molecule has 2 rings (SSSR count). The molecule has 0 unspecified atom stereocenters. The van der Waals surface area contributed by atoms with Crippen molar-refractivity contribution in [1.29, 1.82) is 0 Å². The van der Waals surface area contributed by atoms with Crippen molar-refractivity contribution < 1.29 is 13.2 Å². The predicted molar refractivity (Wildman–Crippen MR) is 124 cm³/mol. The molecule has 0 radical (unpaired) electrons. The van der Waals surface area contributed by atoms with Gasteiger partial charge in [0.2, 0.25) is 15.9 Å². The van der Waals surface area contributed by atoms with Gasteiger partial charge in [-0.3, -0.25) is 9.10 Å². The van der Waals surface area contributed by atoms with E-state index in [2.05, 4.69) is 5.32 Å². The number of hydrogen-bond acceptors (Lipinski definition) is 4. The SMILES string of the molecule is Cc1ccc(N(CC(=O)NCCSCc2c(Cl)cccc2Cl)S(C)(=O)=O)cc1C. The summed E-state index contributed by atoms with van der Waals surface area (Å²) < 4.78 is 25.5. The number of nitrogens with one attached hydrogen (secondary N) is 1. The van der Waals surface area contributed by atoms with E-state index in [1.54, 1.807) is 42.1 Å². The average molecular weight is 475 g/mol. The summed E-state index contributed by atoms with van der Waals surface area (Å²) in [6.07, 6.45) is 1.10. The smallest absolute Gasteiger partial charge is 0.240 e. The van der Waals surface area contributed by atoms with Gasteiger partial charge in [0.05, 0.1) is 11.9 Å². The van der Waals surface area contributed by atoms with Crippen molar-refractivity contribution in [3.63, 3.8) is 0 Å². The maximum Gasteiger partial charge on any atom is 0.240 e. The molecule has 5 nitrogen and oxygen atoms in total. The van der Waals surface area contributed by atoms with Gasteiger partial charge in [-0.05, 0) is 54.8 Å². The first kappa shape index (κ1) is 23.9. The fourth-order valence-corrected chi connectivity index (χ4v) is 5.02. The van der Waals surface area contributed by atoms with Gasteiger partial charge in [0.25, 0.3) is 0 Å². The molecule has 29 heavy (non-hydrogen) atoms. The minimum atomic E-state index is -3.59. The molecule has 0 spiro atoms. The molecule has 0 aliphatic rings. The van der Waals surface area contributed by atoms with Crippen LogP contribution in [0, 0.1) is 13.8 Å². The summed E-state index contributed by atoms with van der Waals surface area (Å²) in [6, 6.07) is 10.7. The van der Waals surface area contributed by atoms with E-state index in [9.17, 15) is 13.2 Å². The summed E-state index contributed by atoms with van der Waals surface area (Å²) in [6.45, 7) is 4.00. The van der Waals surface area contributed by atoms with Crippen LogP contribution in [0.2, 0.25) is 10.0 Å². The molecule has 0 fully saturated rings. The highest BCUT2D eigenvalue weighted by Gasteiger charge is 2.21. The zero-order chi connectivity index (χ0) is 21.6. The van der Waals surface area contributed by atoms with Crippen LogP contribution in [0.3, 0.4) is 0 Å². The topological polar surface area (TPSA) is 66.5 Å². The fraction of sp³-hybridized carbons (Fsp3) is 0.350. The largest absolute Gasteiger partial charge is 0.354 e. The van der Waals surface area contributed by atoms with Crippen molar-refractivity contribution in [2.45, 2.75) is 19.6 Å². The van der Waals surface area contributed by atoms with Crippen molar-refractivity contribution in [3.05, 3.63) is 63.1 Å². The van der Waals surface area contributed by atoms with Crippen LogP contribution in [-0.2, 0) is 20.6 Å². The van der Waals surface area contributed by atoms with Crippen molar-refractivity contribution >= 4 is 56.6 Å². The van der Waals surface area contributed by atoms with E-state index in [0.29, 0.717) is 33.8 Å². The summed E-state index contributed by atoms with van der Waals surface area (Å²) in [5.74, 6) is 0.924. The van der Waals surface area contributed by atoms with Crippen LogP contribution in [0.15, 0.2) is 36.4 Å². The van der Waals surface area contributed by atoms with Gasteiger partial charge in [0.15, 0.2) is 0 Å². The molecule has 1 N–H and O–H groups in total. The standard InChI is InChI=1S/C20H24Cl2N2O3S2/c1-14-7-8-16(11-15(14)2)24(29(3,26)27)12-20(25)23-9-10-28-13-17-18(21)5-4-6-19(17)22/h4-8,11H,9-10,12-13H2,1-3H3,(H,23,25). The maximum atomic E-state index is 12.3. The number of halogens is 2.